The van der Waals surface area contributed by atoms with Crippen LogP contribution in [0.15, 0.2) is 53.4 Å². The summed E-state index contributed by atoms with van der Waals surface area (Å²) >= 11 is 0. The number of nitrogens with one attached hydrogen (secondary N) is 1. The molecule has 0 spiro atoms. The molecule has 1 aromatic heterocycles. The zero-order chi connectivity index (χ0) is 26.7. The number of carbonyl (C=O) groups excluding carboxylic acids is 1. The molecule has 2 unspecified atom stereocenters. The number of aromatic nitrogens is 2. The van der Waals surface area contributed by atoms with Gasteiger partial charge in [0.2, 0.25) is 10.0 Å². The summed E-state index contributed by atoms with van der Waals surface area (Å²) in [5.74, 6) is 0.733. The van der Waals surface area contributed by atoms with Gasteiger partial charge in [0.25, 0.3) is 0 Å². The summed E-state index contributed by atoms with van der Waals surface area (Å²) in [5.41, 5.74) is 1.93. The van der Waals surface area contributed by atoms with Crippen molar-refractivity contribution in [2.45, 2.75) is 44.5 Å². The number of carbonyl (C=O) groups is 1. The molecule has 0 bridgehead atoms. The number of halogens is 1. The summed E-state index contributed by atoms with van der Waals surface area (Å²) in [6.45, 7) is 6.84. The molecular weight excluding hydrogens is 499 g/mol. The number of hydrogen-bond donors (Lipinski definition) is 2. The lowest BCUT2D eigenvalue weighted by atomic mass is 9.96. The SMILES string of the molecule is CN1C(=O)N(CC(C)(C)C)c2nn(Cc3ccc(S(N)(=O)=O)cc3)c(Nc3ccc(F)cc3)c2C2OC21. The second-order valence-electron chi connectivity index (χ2n) is 10.6. The second-order valence-corrected chi connectivity index (χ2v) is 12.1. The van der Waals surface area contributed by atoms with Gasteiger partial charge in [-0.3, -0.25) is 9.80 Å². The Hall–Kier alpha value is -3.48. The predicted octanol–water partition coefficient (Wildman–Crippen LogP) is 3.78. The first-order valence-electron chi connectivity index (χ1n) is 11.8. The Kier molecular flexibility index (Phi) is 6.00. The van der Waals surface area contributed by atoms with E-state index in [9.17, 15) is 17.6 Å². The maximum atomic E-state index is 13.6. The predicted molar refractivity (Wildman–Crippen MR) is 136 cm³/mol. The molecule has 37 heavy (non-hydrogen) atoms. The number of hydrogen-bond acceptors (Lipinski definition) is 6. The highest BCUT2D eigenvalue weighted by Crippen LogP contribution is 2.51. The molecule has 1 fully saturated rings. The van der Waals surface area contributed by atoms with Crippen LogP contribution >= 0.6 is 0 Å². The number of sulfonamides is 1. The summed E-state index contributed by atoms with van der Waals surface area (Å²) in [4.78, 5) is 16.7. The minimum atomic E-state index is -3.82. The number of likely N-dealkylation sites (N-methyl/N-ethyl adjacent to an activating group) is 1. The maximum Gasteiger partial charge on any atom is 0.327 e. The zero-order valence-corrected chi connectivity index (χ0v) is 21.8. The number of nitrogens with zero attached hydrogens (tertiary/aromatic N) is 4. The summed E-state index contributed by atoms with van der Waals surface area (Å²) in [6, 6.07) is 11.9. The highest BCUT2D eigenvalue weighted by Gasteiger charge is 2.54. The van der Waals surface area contributed by atoms with Gasteiger partial charge in [0.15, 0.2) is 12.0 Å². The first kappa shape index (κ1) is 25.2. The first-order valence-corrected chi connectivity index (χ1v) is 13.3. The Morgan fingerprint density at radius 1 is 1.11 bits per heavy atom. The summed E-state index contributed by atoms with van der Waals surface area (Å²) in [7, 11) is -2.11. The molecule has 12 heteroatoms. The van der Waals surface area contributed by atoms with Gasteiger partial charge in [-0.25, -0.2) is 27.4 Å². The van der Waals surface area contributed by atoms with E-state index in [0.29, 0.717) is 23.9 Å². The van der Waals surface area contributed by atoms with E-state index >= 15 is 0 Å². The Labute approximate surface area is 214 Å². The number of amides is 2. The number of fused-ring (bicyclic) bond motifs is 3. The van der Waals surface area contributed by atoms with E-state index in [1.54, 1.807) is 45.8 Å². The van der Waals surface area contributed by atoms with E-state index in [2.05, 4.69) is 5.32 Å². The van der Waals surface area contributed by atoms with Gasteiger partial charge < -0.3 is 10.1 Å². The molecule has 0 saturated carbocycles. The fraction of sp³-hybridized carbons (Fsp3) is 0.360. The smallest absolute Gasteiger partial charge is 0.327 e. The molecule has 1 saturated heterocycles. The highest BCUT2D eigenvalue weighted by atomic mass is 32.2. The summed E-state index contributed by atoms with van der Waals surface area (Å²) in [5, 5.41) is 13.4. The van der Waals surface area contributed by atoms with Crippen molar-refractivity contribution in [1.29, 1.82) is 0 Å². The Morgan fingerprint density at radius 3 is 2.35 bits per heavy atom. The molecular formula is C25H29FN6O4S. The monoisotopic (exact) mass is 528 g/mol. The molecule has 2 amide bonds. The molecule has 3 aromatic rings. The Bertz CT molecular complexity index is 1450. The molecule has 3 N–H and O–H groups in total. The van der Waals surface area contributed by atoms with Crippen LogP contribution < -0.4 is 15.4 Å². The molecule has 2 aliphatic heterocycles. The number of rotatable bonds is 6. The number of benzene rings is 2. The van der Waals surface area contributed by atoms with Crippen molar-refractivity contribution in [1.82, 2.24) is 14.7 Å². The zero-order valence-electron chi connectivity index (χ0n) is 21.0. The second kappa shape index (κ2) is 8.82. The van der Waals surface area contributed by atoms with Gasteiger partial charge in [-0.05, 0) is 47.4 Å². The number of anilines is 3. The van der Waals surface area contributed by atoms with E-state index in [-0.39, 0.29) is 34.8 Å². The van der Waals surface area contributed by atoms with Crippen LogP contribution in [0.4, 0.5) is 26.5 Å². The fourth-order valence-corrected chi connectivity index (χ4v) is 4.93. The van der Waals surface area contributed by atoms with Crippen LogP contribution in [-0.2, 0) is 21.3 Å². The normalized spacial score (nSPS) is 19.4. The van der Waals surface area contributed by atoms with Gasteiger partial charge in [-0.15, -0.1) is 0 Å². The van der Waals surface area contributed by atoms with Crippen molar-refractivity contribution < 1.29 is 22.3 Å². The van der Waals surface area contributed by atoms with Crippen LogP contribution in [0.3, 0.4) is 0 Å². The number of nitrogens with two attached hydrogens (primary N) is 1. The molecule has 10 nitrogen and oxygen atoms in total. The average molecular weight is 529 g/mol. The Balaban J connectivity index is 1.61. The molecule has 2 aromatic carbocycles. The van der Waals surface area contributed by atoms with E-state index in [4.69, 9.17) is 15.0 Å². The summed E-state index contributed by atoms with van der Waals surface area (Å²) in [6.07, 6.45) is -0.799. The van der Waals surface area contributed by atoms with Gasteiger partial charge >= 0.3 is 6.03 Å². The largest absolute Gasteiger partial charge is 0.342 e. The van der Waals surface area contributed by atoms with E-state index in [1.807, 2.05) is 20.8 Å². The standard InChI is InChI=1S/C25H29FN6O4S/c1-25(2,3)14-31-22-19(20-23(36-20)30(4)24(31)33)21(28-17-9-7-16(26)8-10-17)32(29-22)13-15-5-11-18(12-6-15)37(27,34)35/h5-12,20,23,28H,13-14H2,1-4H3,(H2,27,34,35). The lowest BCUT2D eigenvalue weighted by Crippen LogP contribution is -2.45. The van der Waals surface area contributed by atoms with Gasteiger partial charge in [0.05, 0.1) is 17.0 Å². The van der Waals surface area contributed by atoms with Crippen molar-refractivity contribution in [3.63, 3.8) is 0 Å². The number of epoxide rings is 1. The topological polar surface area (TPSA) is 126 Å². The highest BCUT2D eigenvalue weighted by molar-refractivity contribution is 7.89. The summed E-state index contributed by atoms with van der Waals surface area (Å²) < 4.78 is 44.5. The average Bonchev–Trinajstić information content (AvgIpc) is 3.54. The Morgan fingerprint density at radius 2 is 1.76 bits per heavy atom. The molecule has 3 heterocycles. The third-order valence-electron chi connectivity index (χ3n) is 6.22. The first-order chi connectivity index (χ1) is 17.3. The van der Waals surface area contributed by atoms with Crippen molar-refractivity contribution in [3.8, 4) is 0 Å². The van der Waals surface area contributed by atoms with Gasteiger partial charge in [0, 0.05) is 19.3 Å². The lowest BCUT2D eigenvalue weighted by molar-refractivity contribution is 0.185. The molecule has 2 atom stereocenters. The van der Waals surface area contributed by atoms with Crippen LogP contribution in [0.1, 0.15) is 38.0 Å². The van der Waals surface area contributed by atoms with E-state index in [1.165, 1.54) is 24.3 Å². The quantitative estimate of drug-likeness (QED) is 0.469. The fourth-order valence-electron chi connectivity index (χ4n) is 4.41. The number of urea groups is 1. The van der Waals surface area contributed by atoms with Gasteiger partial charge in [-0.2, -0.15) is 5.10 Å². The van der Waals surface area contributed by atoms with Gasteiger partial charge in [0.1, 0.15) is 17.7 Å². The molecule has 5 rings (SSSR count). The lowest BCUT2D eigenvalue weighted by Gasteiger charge is -2.30. The van der Waals surface area contributed by atoms with Gasteiger partial charge in [-0.1, -0.05) is 32.9 Å². The minimum Gasteiger partial charge on any atom is -0.342 e. The van der Waals surface area contributed by atoms with E-state index in [0.717, 1.165) is 11.1 Å². The maximum absolute atomic E-state index is 13.6. The van der Waals surface area contributed by atoms with Crippen LogP contribution in [0.5, 0.6) is 0 Å². The van der Waals surface area contributed by atoms with Crippen LogP contribution in [0, 0.1) is 11.2 Å². The molecule has 0 radical (unpaired) electrons. The van der Waals surface area contributed by atoms with Crippen molar-refractivity contribution >= 4 is 33.4 Å². The third kappa shape index (κ3) is 5.04. The number of ether oxygens (including phenoxy) is 1. The van der Waals surface area contributed by atoms with Crippen LogP contribution in [0.25, 0.3) is 0 Å². The molecule has 2 aliphatic rings. The van der Waals surface area contributed by atoms with Crippen LogP contribution in [0.2, 0.25) is 0 Å². The van der Waals surface area contributed by atoms with Crippen molar-refractivity contribution in [2.24, 2.45) is 10.6 Å². The number of primary sulfonamides is 1. The molecule has 0 aliphatic carbocycles. The third-order valence-corrected chi connectivity index (χ3v) is 7.15. The molecule has 196 valence electrons. The van der Waals surface area contributed by atoms with Crippen LogP contribution in [-0.4, -0.2) is 48.9 Å². The van der Waals surface area contributed by atoms with Crippen molar-refractivity contribution in [2.75, 3.05) is 23.8 Å². The minimum absolute atomic E-state index is 0.0105. The van der Waals surface area contributed by atoms with Crippen molar-refractivity contribution in [3.05, 3.63) is 65.5 Å². The van der Waals surface area contributed by atoms with E-state index < -0.39 is 16.3 Å².